The number of nitrogens with zero attached hydrogens (tertiary/aromatic N) is 1. The molecule has 19 heavy (non-hydrogen) atoms. The third kappa shape index (κ3) is 3.65. The third-order valence-electron chi connectivity index (χ3n) is 3.52. The number of pyridine rings is 1. The summed E-state index contributed by atoms with van der Waals surface area (Å²) in [6.45, 7) is 7.38. The zero-order valence-corrected chi connectivity index (χ0v) is 12.0. The summed E-state index contributed by atoms with van der Waals surface area (Å²) >= 11 is 0. The van der Waals surface area contributed by atoms with Gasteiger partial charge in [-0.3, -0.25) is 4.98 Å². The molecule has 1 unspecified atom stereocenters. The standard InChI is InChI=1S/C17H22N2/c1-4-13(2)18-12-16-10-11-17(19-14(16)3)15-8-6-5-7-9-15/h5-11,13,18H,4,12H2,1-3H3. The van der Waals surface area contributed by atoms with Crippen molar-refractivity contribution >= 4 is 0 Å². The van der Waals surface area contributed by atoms with Crippen molar-refractivity contribution < 1.29 is 0 Å². The van der Waals surface area contributed by atoms with Crippen LogP contribution in [-0.2, 0) is 6.54 Å². The molecule has 2 rings (SSSR count). The van der Waals surface area contributed by atoms with E-state index < -0.39 is 0 Å². The normalized spacial score (nSPS) is 12.4. The van der Waals surface area contributed by atoms with E-state index in [2.05, 4.69) is 50.4 Å². The van der Waals surface area contributed by atoms with Crippen molar-refractivity contribution in [2.75, 3.05) is 0 Å². The zero-order valence-electron chi connectivity index (χ0n) is 12.0. The van der Waals surface area contributed by atoms with Gasteiger partial charge < -0.3 is 5.32 Å². The van der Waals surface area contributed by atoms with Crippen LogP contribution >= 0.6 is 0 Å². The van der Waals surface area contributed by atoms with E-state index in [4.69, 9.17) is 4.98 Å². The van der Waals surface area contributed by atoms with Crippen LogP contribution in [0.5, 0.6) is 0 Å². The van der Waals surface area contributed by atoms with Gasteiger partial charge in [-0.25, -0.2) is 0 Å². The molecule has 0 aliphatic rings. The van der Waals surface area contributed by atoms with Crippen LogP contribution in [-0.4, -0.2) is 11.0 Å². The second-order valence-corrected chi connectivity index (χ2v) is 5.00. The maximum Gasteiger partial charge on any atom is 0.0705 e. The fraction of sp³-hybridized carbons (Fsp3) is 0.353. The molecule has 0 fully saturated rings. The minimum Gasteiger partial charge on any atom is -0.310 e. The van der Waals surface area contributed by atoms with Crippen LogP contribution < -0.4 is 5.32 Å². The number of hydrogen-bond acceptors (Lipinski definition) is 2. The molecule has 0 saturated carbocycles. The molecule has 100 valence electrons. The number of aryl methyl sites for hydroxylation is 1. The summed E-state index contributed by atoms with van der Waals surface area (Å²) < 4.78 is 0. The Morgan fingerprint density at radius 1 is 1.11 bits per heavy atom. The van der Waals surface area contributed by atoms with Crippen molar-refractivity contribution in [3.8, 4) is 11.3 Å². The first kappa shape index (κ1) is 13.8. The van der Waals surface area contributed by atoms with E-state index in [0.29, 0.717) is 6.04 Å². The summed E-state index contributed by atoms with van der Waals surface area (Å²) in [5, 5.41) is 3.51. The van der Waals surface area contributed by atoms with Gasteiger partial charge in [0.25, 0.3) is 0 Å². The van der Waals surface area contributed by atoms with Crippen molar-refractivity contribution in [2.24, 2.45) is 0 Å². The highest BCUT2D eigenvalue weighted by Crippen LogP contribution is 2.18. The van der Waals surface area contributed by atoms with Crippen LogP contribution in [0.25, 0.3) is 11.3 Å². The maximum absolute atomic E-state index is 4.71. The van der Waals surface area contributed by atoms with Crippen LogP contribution in [0, 0.1) is 6.92 Å². The first-order valence-electron chi connectivity index (χ1n) is 6.96. The Labute approximate surface area is 115 Å². The van der Waals surface area contributed by atoms with E-state index in [-0.39, 0.29) is 0 Å². The van der Waals surface area contributed by atoms with Gasteiger partial charge in [-0.1, -0.05) is 43.3 Å². The van der Waals surface area contributed by atoms with E-state index in [1.165, 1.54) is 11.1 Å². The number of hydrogen-bond donors (Lipinski definition) is 1. The molecule has 0 amide bonds. The number of aromatic nitrogens is 1. The Morgan fingerprint density at radius 2 is 1.84 bits per heavy atom. The van der Waals surface area contributed by atoms with Crippen LogP contribution in [0.2, 0.25) is 0 Å². The molecule has 0 spiro atoms. The molecule has 0 aliphatic heterocycles. The summed E-state index contributed by atoms with van der Waals surface area (Å²) in [5.41, 5.74) is 4.61. The maximum atomic E-state index is 4.71. The molecule has 1 N–H and O–H groups in total. The molecule has 2 aromatic rings. The molecular weight excluding hydrogens is 232 g/mol. The summed E-state index contributed by atoms with van der Waals surface area (Å²) in [5.74, 6) is 0. The van der Waals surface area contributed by atoms with Gasteiger partial charge in [0, 0.05) is 23.8 Å². The molecule has 0 bridgehead atoms. The van der Waals surface area contributed by atoms with Crippen molar-refractivity contribution in [3.05, 3.63) is 53.7 Å². The number of benzene rings is 1. The first-order chi connectivity index (χ1) is 9.20. The lowest BCUT2D eigenvalue weighted by atomic mass is 10.1. The third-order valence-corrected chi connectivity index (χ3v) is 3.52. The van der Waals surface area contributed by atoms with Crippen LogP contribution in [0.15, 0.2) is 42.5 Å². The van der Waals surface area contributed by atoms with Crippen LogP contribution in [0.3, 0.4) is 0 Å². The van der Waals surface area contributed by atoms with Gasteiger partial charge in [0.15, 0.2) is 0 Å². The molecule has 1 aromatic carbocycles. The lowest BCUT2D eigenvalue weighted by Crippen LogP contribution is -2.24. The molecule has 1 atom stereocenters. The molecule has 2 nitrogen and oxygen atoms in total. The number of rotatable bonds is 5. The Balaban J connectivity index is 2.13. The lowest BCUT2D eigenvalue weighted by Gasteiger charge is -2.13. The highest BCUT2D eigenvalue weighted by atomic mass is 14.9. The first-order valence-corrected chi connectivity index (χ1v) is 6.96. The Hall–Kier alpha value is -1.67. The SMILES string of the molecule is CCC(C)NCc1ccc(-c2ccccc2)nc1C. The van der Waals surface area contributed by atoms with Gasteiger partial charge >= 0.3 is 0 Å². The second-order valence-electron chi connectivity index (χ2n) is 5.00. The molecule has 1 heterocycles. The molecule has 1 aromatic heterocycles. The average Bonchev–Trinajstić information content (AvgIpc) is 2.46. The lowest BCUT2D eigenvalue weighted by molar-refractivity contribution is 0.532. The van der Waals surface area contributed by atoms with E-state index in [9.17, 15) is 0 Å². The highest BCUT2D eigenvalue weighted by Gasteiger charge is 2.05. The molecule has 0 radical (unpaired) electrons. The summed E-state index contributed by atoms with van der Waals surface area (Å²) in [7, 11) is 0. The topological polar surface area (TPSA) is 24.9 Å². The van der Waals surface area contributed by atoms with Gasteiger partial charge in [-0.05, 0) is 31.9 Å². The Kier molecular flexibility index (Phi) is 4.69. The van der Waals surface area contributed by atoms with E-state index >= 15 is 0 Å². The predicted octanol–water partition coefficient (Wildman–Crippen LogP) is 3.95. The fourth-order valence-electron chi connectivity index (χ4n) is 1.97. The van der Waals surface area contributed by atoms with Crippen molar-refractivity contribution in [1.29, 1.82) is 0 Å². The average molecular weight is 254 g/mol. The zero-order chi connectivity index (χ0) is 13.7. The quantitative estimate of drug-likeness (QED) is 0.874. The molecule has 0 aliphatic carbocycles. The van der Waals surface area contributed by atoms with E-state index in [1.54, 1.807) is 0 Å². The van der Waals surface area contributed by atoms with Gasteiger partial charge in [0.05, 0.1) is 5.69 Å². The summed E-state index contributed by atoms with van der Waals surface area (Å²) in [6, 6.07) is 15.2. The van der Waals surface area contributed by atoms with Crippen LogP contribution in [0.1, 0.15) is 31.5 Å². The summed E-state index contributed by atoms with van der Waals surface area (Å²) in [4.78, 5) is 4.71. The Morgan fingerprint density at radius 3 is 2.47 bits per heavy atom. The van der Waals surface area contributed by atoms with E-state index in [1.807, 2.05) is 18.2 Å². The van der Waals surface area contributed by atoms with Gasteiger partial charge in [0.2, 0.25) is 0 Å². The van der Waals surface area contributed by atoms with Crippen LogP contribution in [0.4, 0.5) is 0 Å². The van der Waals surface area contributed by atoms with Gasteiger partial charge in [-0.15, -0.1) is 0 Å². The minimum atomic E-state index is 0.549. The van der Waals surface area contributed by atoms with Gasteiger partial charge in [-0.2, -0.15) is 0 Å². The smallest absolute Gasteiger partial charge is 0.0705 e. The molecular formula is C17H22N2. The van der Waals surface area contributed by atoms with Crippen molar-refractivity contribution in [1.82, 2.24) is 10.3 Å². The monoisotopic (exact) mass is 254 g/mol. The van der Waals surface area contributed by atoms with Crippen molar-refractivity contribution in [3.63, 3.8) is 0 Å². The highest BCUT2D eigenvalue weighted by molar-refractivity contribution is 5.59. The second kappa shape index (κ2) is 6.48. The predicted molar refractivity (Wildman–Crippen MR) is 81.0 cm³/mol. The van der Waals surface area contributed by atoms with Crippen molar-refractivity contribution in [2.45, 2.75) is 39.8 Å². The molecule has 2 heteroatoms. The minimum absolute atomic E-state index is 0.549. The van der Waals surface area contributed by atoms with E-state index in [0.717, 1.165) is 24.4 Å². The molecule has 0 saturated heterocycles. The number of nitrogens with one attached hydrogen (secondary N) is 1. The fourth-order valence-corrected chi connectivity index (χ4v) is 1.97. The Bertz CT molecular complexity index is 520. The summed E-state index contributed by atoms with van der Waals surface area (Å²) in [6.07, 6.45) is 1.15. The largest absolute Gasteiger partial charge is 0.310 e. The van der Waals surface area contributed by atoms with Gasteiger partial charge in [0.1, 0.15) is 0 Å².